The number of benzene rings is 1. The van der Waals surface area contributed by atoms with Crippen molar-refractivity contribution in [2.45, 2.75) is 50.7 Å². The number of aliphatic hydroxyl groups excluding tert-OH is 1. The fourth-order valence-electron chi connectivity index (χ4n) is 5.05. The summed E-state index contributed by atoms with van der Waals surface area (Å²) in [4.78, 5) is 24.6. The minimum absolute atomic E-state index is 0.0247. The number of aryl methyl sites for hydroxylation is 1. The maximum Gasteiger partial charge on any atom is 0.277 e. The van der Waals surface area contributed by atoms with Crippen molar-refractivity contribution >= 4 is 22.4 Å². The quantitative estimate of drug-likeness (QED) is 0.421. The van der Waals surface area contributed by atoms with Crippen LogP contribution in [0.15, 0.2) is 29.2 Å². The molecule has 204 valence electrons. The molecule has 0 amide bonds. The third kappa shape index (κ3) is 4.49. The molecule has 1 aliphatic heterocycles. The van der Waals surface area contributed by atoms with Crippen molar-refractivity contribution in [1.82, 2.24) is 14.5 Å². The largest absolute Gasteiger partial charge is 0.394 e. The number of nitrogens with one attached hydrogen (secondary N) is 1. The first kappa shape index (κ1) is 26.4. The standard InChI is InChI=1S/C26H29F4N5O3/c1-14(17-4-3-5-18(20(17)28)23(29)30)31-24-19-10-35(26(13-27)6-7-26)25(37)22(21(19)32-15(2)33-24)34-8-9-38-12-16(34)11-36/h3-5,10,14,16,23,36H,6-9,11-13H2,1-2H3,(H,31,32,33)/t14-,16+/m1/s1. The van der Waals surface area contributed by atoms with Crippen molar-refractivity contribution in [3.8, 4) is 0 Å². The van der Waals surface area contributed by atoms with Crippen LogP contribution in [0.5, 0.6) is 0 Å². The third-order valence-electron chi connectivity index (χ3n) is 7.39. The van der Waals surface area contributed by atoms with Gasteiger partial charge in [-0.05, 0) is 26.7 Å². The number of morpholine rings is 1. The van der Waals surface area contributed by atoms with Crippen LogP contribution in [-0.4, -0.2) is 58.7 Å². The number of alkyl halides is 3. The highest BCUT2D eigenvalue weighted by Gasteiger charge is 2.46. The molecular weight excluding hydrogens is 506 g/mol. The topological polar surface area (TPSA) is 92.5 Å². The molecule has 2 aromatic heterocycles. The lowest BCUT2D eigenvalue weighted by Gasteiger charge is -2.36. The number of hydrogen-bond acceptors (Lipinski definition) is 7. The molecule has 0 unspecified atom stereocenters. The molecule has 0 spiro atoms. The molecule has 12 heteroatoms. The molecule has 1 aromatic carbocycles. The van der Waals surface area contributed by atoms with Crippen LogP contribution in [0, 0.1) is 12.7 Å². The van der Waals surface area contributed by atoms with E-state index >= 15 is 0 Å². The Morgan fingerprint density at radius 1 is 1.26 bits per heavy atom. The Kier molecular flexibility index (Phi) is 7.03. The first-order valence-electron chi connectivity index (χ1n) is 12.5. The third-order valence-corrected chi connectivity index (χ3v) is 7.39. The lowest BCUT2D eigenvalue weighted by molar-refractivity contribution is 0.0726. The zero-order valence-electron chi connectivity index (χ0n) is 21.1. The average Bonchev–Trinajstić information content (AvgIpc) is 3.69. The number of ether oxygens (including phenoxy) is 1. The second kappa shape index (κ2) is 10.1. The number of nitrogens with zero attached hydrogens (tertiary/aromatic N) is 4. The Morgan fingerprint density at radius 2 is 2.00 bits per heavy atom. The number of rotatable bonds is 8. The monoisotopic (exact) mass is 535 g/mol. The molecule has 2 N–H and O–H groups in total. The summed E-state index contributed by atoms with van der Waals surface area (Å²) in [6, 6.07) is 2.53. The molecule has 3 heterocycles. The van der Waals surface area contributed by atoms with Crippen molar-refractivity contribution < 1.29 is 27.4 Å². The van der Waals surface area contributed by atoms with Crippen LogP contribution in [0.2, 0.25) is 0 Å². The molecule has 5 rings (SSSR count). The van der Waals surface area contributed by atoms with Crippen LogP contribution in [-0.2, 0) is 10.3 Å². The van der Waals surface area contributed by atoms with Gasteiger partial charge in [0.25, 0.3) is 12.0 Å². The van der Waals surface area contributed by atoms with Gasteiger partial charge in [0.05, 0.1) is 48.4 Å². The Hall–Kier alpha value is -3.25. The van der Waals surface area contributed by atoms with Gasteiger partial charge in [0.15, 0.2) is 0 Å². The molecule has 2 aliphatic rings. The van der Waals surface area contributed by atoms with Crippen molar-refractivity contribution in [3.05, 3.63) is 57.5 Å². The second-order valence-corrected chi connectivity index (χ2v) is 9.91. The average molecular weight is 536 g/mol. The van der Waals surface area contributed by atoms with Gasteiger partial charge in [-0.25, -0.2) is 27.5 Å². The maximum atomic E-state index is 14.9. The van der Waals surface area contributed by atoms with E-state index in [9.17, 15) is 27.5 Å². The van der Waals surface area contributed by atoms with Gasteiger partial charge < -0.3 is 24.6 Å². The van der Waals surface area contributed by atoms with Gasteiger partial charge in [-0.2, -0.15) is 0 Å². The van der Waals surface area contributed by atoms with Crippen LogP contribution in [0.4, 0.5) is 29.1 Å². The van der Waals surface area contributed by atoms with Crippen molar-refractivity contribution in [2.24, 2.45) is 0 Å². The van der Waals surface area contributed by atoms with Gasteiger partial charge in [-0.1, -0.05) is 18.2 Å². The lowest BCUT2D eigenvalue weighted by Crippen LogP contribution is -2.50. The van der Waals surface area contributed by atoms with Crippen LogP contribution in [0.25, 0.3) is 10.9 Å². The number of fused-ring (bicyclic) bond motifs is 1. The smallest absolute Gasteiger partial charge is 0.277 e. The highest BCUT2D eigenvalue weighted by Crippen LogP contribution is 2.44. The molecule has 0 radical (unpaired) electrons. The molecule has 38 heavy (non-hydrogen) atoms. The number of pyridine rings is 1. The summed E-state index contributed by atoms with van der Waals surface area (Å²) in [5, 5.41) is 13.5. The Morgan fingerprint density at radius 3 is 2.66 bits per heavy atom. The van der Waals surface area contributed by atoms with Crippen molar-refractivity contribution in [1.29, 1.82) is 0 Å². The summed E-state index contributed by atoms with van der Waals surface area (Å²) in [6.45, 7) is 3.09. The van der Waals surface area contributed by atoms with Gasteiger partial charge in [0.2, 0.25) is 0 Å². The number of hydrogen-bond donors (Lipinski definition) is 2. The summed E-state index contributed by atoms with van der Waals surface area (Å²) >= 11 is 0. The van der Waals surface area contributed by atoms with E-state index in [1.807, 2.05) is 0 Å². The van der Waals surface area contributed by atoms with E-state index in [0.29, 0.717) is 42.7 Å². The van der Waals surface area contributed by atoms with Crippen molar-refractivity contribution in [2.75, 3.05) is 43.3 Å². The molecule has 1 saturated carbocycles. The Bertz CT molecular complexity index is 1410. The van der Waals surface area contributed by atoms with Gasteiger partial charge in [-0.15, -0.1) is 0 Å². The number of aliphatic hydroxyl groups is 1. The van der Waals surface area contributed by atoms with Crippen LogP contribution in [0.1, 0.15) is 49.2 Å². The summed E-state index contributed by atoms with van der Waals surface area (Å²) < 4.78 is 62.5. The fourth-order valence-corrected chi connectivity index (χ4v) is 5.05. The zero-order valence-corrected chi connectivity index (χ0v) is 21.1. The van der Waals surface area contributed by atoms with E-state index in [0.717, 1.165) is 6.07 Å². The molecule has 0 bridgehead atoms. The molecule has 2 atom stereocenters. The Balaban J connectivity index is 1.69. The Labute approximate surface area is 216 Å². The minimum Gasteiger partial charge on any atom is -0.394 e. The predicted octanol–water partition coefficient (Wildman–Crippen LogP) is 4.01. The molecular formula is C26H29F4N5O3. The highest BCUT2D eigenvalue weighted by atomic mass is 19.3. The maximum absolute atomic E-state index is 14.9. The number of aromatic nitrogens is 3. The molecule has 2 fully saturated rings. The van der Waals surface area contributed by atoms with E-state index < -0.39 is 47.7 Å². The first-order valence-corrected chi connectivity index (χ1v) is 12.5. The number of halogens is 4. The number of anilines is 2. The minimum atomic E-state index is -2.97. The first-order chi connectivity index (χ1) is 18.2. The van der Waals surface area contributed by atoms with E-state index in [4.69, 9.17) is 4.74 Å². The van der Waals surface area contributed by atoms with Crippen LogP contribution < -0.4 is 15.8 Å². The van der Waals surface area contributed by atoms with Gasteiger partial charge in [0.1, 0.15) is 35.3 Å². The summed E-state index contributed by atoms with van der Waals surface area (Å²) in [5.74, 6) is -0.447. The van der Waals surface area contributed by atoms with E-state index in [1.54, 1.807) is 18.7 Å². The highest BCUT2D eigenvalue weighted by molar-refractivity contribution is 5.97. The van der Waals surface area contributed by atoms with E-state index in [2.05, 4.69) is 15.3 Å². The summed E-state index contributed by atoms with van der Waals surface area (Å²) in [5.41, 5.74) is -1.58. The lowest BCUT2D eigenvalue weighted by atomic mass is 10.0. The molecule has 8 nitrogen and oxygen atoms in total. The molecule has 1 saturated heterocycles. The molecule has 1 aliphatic carbocycles. The SMILES string of the molecule is Cc1nc(N[C@H](C)c2cccc(C(F)F)c2F)c2cn(C3(CF)CC3)c(=O)c(N3CCOC[C@@H]3CO)c2n1. The van der Waals surface area contributed by atoms with Gasteiger partial charge in [0, 0.05) is 18.3 Å². The predicted molar refractivity (Wildman–Crippen MR) is 134 cm³/mol. The van der Waals surface area contributed by atoms with Gasteiger partial charge >= 0.3 is 0 Å². The fraction of sp³-hybridized carbons (Fsp3) is 0.500. The van der Waals surface area contributed by atoms with Gasteiger partial charge in [-0.3, -0.25) is 4.79 Å². The summed E-state index contributed by atoms with van der Waals surface area (Å²) in [7, 11) is 0. The van der Waals surface area contributed by atoms with E-state index in [1.165, 1.54) is 22.9 Å². The molecule has 3 aromatic rings. The van der Waals surface area contributed by atoms with Crippen LogP contribution in [0.3, 0.4) is 0 Å². The van der Waals surface area contributed by atoms with Crippen LogP contribution >= 0.6 is 0 Å². The second-order valence-electron chi connectivity index (χ2n) is 9.91. The normalized spacial score (nSPS) is 19.7. The summed E-state index contributed by atoms with van der Waals surface area (Å²) in [6.07, 6.45) is -0.482. The van der Waals surface area contributed by atoms with E-state index in [-0.39, 0.29) is 30.3 Å². The zero-order chi connectivity index (χ0) is 27.2. The van der Waals surface area contributed by atoms with Crippen molar-refractivity contribution in [3.63, 3.8) is 0 Å².